The van der Waals surface area contributed by atoms with Crippen LogP contribution < -0.4 is 25.5 Å². The molecule has 0 saturated carbocycles. The molecule has 1 aromatic heterocycles. The van der Waals surface area contributed by atoms with Gasteiger partial charge in [0.2, 0.25) is 5.76 Å². The molecule has 0 fully saturated rings. The Bertz CT molecular complexity index is 1510. The van der Waals surface area contributed by atoms with E-state index in [-0.39, 0.29) is 34.3 Å². The maximum absolute atomic E-state index is 13.6. The number of hydrogen-bond donors (Lipinski definition) is 1. The average molecular weight is 491 g/mol. The van der Waals surface area contributed by atoms with Gasteiger partial charge in [0.15, 0.2) is 12.0 Å². The molecule has 1 unspecified atom stereocenters. The van der Waals surface area contributed by atoms with Crippen LogP contribution in [0.5, 0.6) is 11.5 Å². The second-order valence-electron chi connectivity index (χ2n) is 7.91. The number of nitrogens with two attached hydrogens (primary N) is 1. The van der Waals surface area contributed by atoms with Gasteiger partial charge in [0, 0.05) is 10.7 Å². The predicted octanol–water partition coefficient (Wildman–Crippen LogP) is 4.07. The van der Waals surface area contributed by atoms with Crippen molar-refractivity contribution in [3.8, 4) is 11.5 Å². The molecule has 0 aliphatic carbocycles. The van der Waals surface area contributed by atoms with E-state index in [4.69, 9.17) is 31.2 Å². The molecule has 176 valence electrons. The molecule has 2 amide bonds. The van der Waals surface area contributed by atoms with Gasteiger partial charge in [-0.05, 0) is 60.2 Å². The number of methoxy groups -OCH3 is 1. The van der Waals surface area contributed by atoms with Crippen LogP contribution in [0.4, 0.5) is 5.69 Å². The quantitative estimate of drug-likeness (QED) is 0.436. The first kappa shape index (κ1) is 22.5. The van der Waals surface area contributed by atoms with Crippen LogP contribution in [0.3, 0.4) is 0 Å². The van der Waals surface area contributed by atoms with Crippen molar-refractivity contribution in [3.63, 3.8) is 0 Å². The third kappa shape index (κ3) is 3.98. The molecular formula is C26H19ClN2O6. The number of halogens is 1. The van der Waals surface area contributed by atoms with Gasteiger partial charge in [0.25, 0.3) is 11.8 Å². The van der Waals surface area contributed by atoms with Crippen molar-refractivity contribution < 1.29 is 23.5 Å². The van der Waals surface area contributed by atoms with Gasteiger partial charge in [-0.15, -0.1) is 0 Å². The molecule has 1 aliphatic heterocycles. The molecule has 2 heterocycles. The molecule has 0 radical (unpaired) electrons. The Hall–Kier alpha value is -4.30. The van der Waals surface area contributed by atoms with E-state index >= 15 is 0 Å². The smallest absolute Gasteiger partial charge is 0.295 e. The fraction of sp³-hybridized carbons (Fsp3) is 0.115. The molecule has 9 heteroatoms. The standard InChI is InChI=1S/C26H19ClN2O6/c1-33-17-9-5-16(6-10-17)29-23(14-2-7-18(8-3-14)34-13-21(28)30)22-24(31)19-12-15(27)4-11-20(19)35-25(22)26(29)32/h2-12,23H,13H2,1H3,(H2,28,30). The van der Waals surface area contributed by atoms with Gasteiger partial charge in [0.1, 0.15) is 17.1 Å². The van der Waals surface area contributed by atoms with Crippen LogP contribution in [0.2, 0.25) is 5.02 Å². The van der Waals surface area contributed by atoms with Crippen molar-refractivity contribution in [2.45, 2.75) is 6.04 Å². The SMILES string of the molecule is COc1ccc(N2C(=O)c3oc4ccc(Cl)cc4c(=O)c3C2c2ccc(OCC(N)=O)cc2)cc1. The number of amides is 2. The van der Waals surface area contributed by atoms with Crippen molar-refractivity contribution in [3.05, 3.63) is 98.9 Å². The van der Waals surface area contributed by atoms with E-state index in [1.54, 1.807) is 67.8 Å². The maximum Gasteiger partial charge on any atom is 0.295 e. The predicted molar refractivity (Wildman–Crippen MR) is 130 cm³/mol. The number of primary amides is 1. The van der Waals surface area contributed by atoms with Gasteiger partial charge < -0.3 is 19.6 Å². The molecule has 1 atom stereocenters. The monoisotopic (exact) mass is 490 g/mol. The van der Waals surface area contributed by atoms with Gasteiger partial charge >= 0.3 is 0 Å². The van der Waals surface area contributed by atoms with E-state index < -0.39 is 17.9 Å². The second kappa shape index (κ2) is 8.81. The summed E-state index contributed by atoms with van der Waals surface area (Å²) in [5.74, 6) is -0.0264. The first-order valence-corrected chi connectivity index (χ1v) is 11.0. The van der Waals surface area contributed by atoms with Gasteiger partial charge in [-0.25, -0.2) is 0 Å². The van der Waals surface area contributed by atoms with Crippen molar-refractivity contribution in [1.82, 2.24) is 0 Å². The molecule has 0 spiro atoms. The molecule has 4 aromatic rings. The molecule has 2 N–H and O–H groups in total. The van der Waals surface area contributed by atoms with Gasteiger partial charge in [-0.1, -0.05) is 23.7 Å². The van der Waals surface area contributed by atoms with E-state index in [9.17, 15) is 14.4 Å². The normalized spacial score (nSPS) is 14.7. The maximum atomic E-state index is 13.6. The summed E-state index contributed by atoms with van der Waals surface area (Å²) in [5, 5.41) is 0.667. The van der Waals surface area contributed by atoms with Crippen molar-refractivity contribution in [1.29, 1.82) is 0 Å². The zero-order valence-corrected chi connectivity index (χ0v) is 19.2. The molecule has 3 aromatic carbocycles. The molecular weight excluding hydrogens is 472 g/mol. The number of benzene rings is 3. The Morgan fingerprint density at radius 1 is 1.03 bits per heavy atom. The molecule has 8 nitrogen and oxygen atoms in total. The van der Waals surface area contributed by atoms with Gasteiger partial charge in [-0.2, -0.15) is 0 Å². The zero-order chi connectivity index (χ0) is 24.7. The topological polar surface area (TPSA) is 112 Å². The lowest BCUT2D eigenvalue weighted by Gasteiger charge is -2.25. The summed E-state index contributed by atoms with van der Waals surface area (Å²) in [4.78, 5) is 39.8. The van der Waals surface area contributed by atoms with Crippen molar-refractivity contribution in [2.24, 2.45) is 5.73 Å². The number of ether oxygens (including phenoxy) is 2. The van der Waals surface area contributed by atoms with Crippen LogP contribution in [0.1, 0.15) is 27.7 Å². The number of carbonyl (C=O) groups excluding carboxylic acids is 2. The third-order valence-corrected chi connectivity index (χ3v) is 5.99. The Labute approximate surface area is 204 Å². The van der Waals surface area contributed by atoms with E-state index in [2.05, 4.69) is 0 Å². The van der Waals surface area contributed by atoms with E-state index in [1.807, 2.05) is 0 Å². The Morgan fingerprint density at radius 3 is 2.37 bits per heavy atom. The minimum Gasteiger partial charge on any atom is -0.497 e. The molecule has 0 saturated heterocycles. The summed E-state index contributed by atoms with van der Waals surface area (Å²) in [6.45, 7) is -0.265. The highest BCUT2D eigenvalue weighted by atomic mass is 35.5. The van der Waals surface area contributed by atoms with Crippen molar-refractivity contribution in [2.75, 3.05) is 18.6 Å². The fourth-order valence-electron chi connectivity index (χ4n) is 4.17. The zero-order valence-electron chi connectivity index (χ0n) is 18.5. The summed E-state index contributed by atoms with van der Waals surface area (Å²) < 4.78 is 16.5. The first-order valence-electron chi connectivity index (χ1n) is 10.6. The Kier molecular flexibility index (Phi) is 5.66. The Balaban J connectivity index is 1.68. The Morgan fingerprint density at radius 2 is 1.71 bits per heavy atom. The van der Waals surface area contributed by atoms with Crippen molar-refractivity contribution >= 4 is 40.1 Å². The highest BCUT2D eigenvalue weighted by molar-refractivity contribution is 6.31. The average Bonchev–Trinajstić information content (AvgIpc) is 3.16. The number of rotatable bonds is 6. The van der Waals surface area contributed by atoms with Gasteiger partial charge in [0.05, 0.1) is 24.1 Å². The third-order valence-electron chi connectivity index (χ3n) is 5.76. The number of hydrogen-bond acceptors (Lipinski definition) is 6. The first-order chi connectivity index (χ1) is 16.9. The van der Waals surface area contributed by atoms with Crippen LogP contribution in [0.25, 0.3) is 11.0 Å². The lowest BCUT2D eigenvalue weighted by Crippen LogP contribution is -2.29. The highest BCUT2D eigenvalue weighted by Crippen LogP contribution is 2.42. The van der Waals surface area contributed by atoms with E-state index in [0.717, 1.165) is 0 Å². The molecule has 35 heavy (non-hydrogen) atoms. The summed E-state index contributed by atoms with van der Waals surface area (Å²) in [5.41, 5.74) is 6.50. The van der Waals surface area contributed by atoms with Crippen LogP contribution >= 0.6 is 11.6 Å². The highest BCUT2D eigenvalue weighted by Gasteiger charge is 2.43. The molecule has 1 aliphatic rings. The number of nitrogens with zero attached hydrogens (tertiary/aromatic N) is 1. The number of anilines is 1. The van der Waals surface area contributed by atoms with Crippen LogP contribution in [-0.4, -0.2) is 25.5 Å². The number of fused-ring (bicyclic) bond motifs is 2. The summed E-state index contributed by atoms with van der Waals surface area (Å²) >= 11 is 6.13. The largest absolute Gasteiger partial charge is 0.497 e. The molecule has 0 bridgehead atoms. The lowest BCUT2D eigenvalue weighted by atomic mass is 9.98. The fourth-order valence-corrected chi connectivity index (χ4v) is 4.34. The minimum atomic E-state index is -0.768. The summed E-state index contributed by atoms with van der Waals surface area (Å²) in [7, 11) is 1.55. The summed E-state index contributed by atoms with van der Waals surface area (Å²) in [6.07, 6.45) is 0. The summed E-state index contributed by atoms with van der Waals surface area (Å²) in [6, 6.07) is 17.6. The van der Waals surface area contributed by atoms with Crippen LogP contribution in [-0.2, 0) is 4.79 Å². The van der Waals surface area contributed by atoms with E-state index in [1.165, 1.54) is 11.0 Å². The second-order valence-corrected chi connectivity index (χ2v) is 8.35. The molecule has 5 rings (SSSR count). The minimum absolute atomic E-state index is 0.0281. The van der Waals surface area contributed by atoms with Crippen LogP contribution in [0.15, 0.2) is 75.9 Å². The van der Waals surface area contributed by atoms with E-state index in [0.29, 0.717) is 27.8 Å². The van der Waals surface area contributed by atoms with Crippen LogP contribution in [0, 0.1) is 0 Å². The number of carbonyl (C=O) groups is 2. The lowest BCUT2D eigenvalue weighted by molar-refractivity contribution is -0.119. The van der Waals surface area contributed by atoms with Gasteiger partial charge in [-0.3, -0.25) is 19.3 Å².